The van der Waals surface area contributed by atoms with E-state index in [1.54, 1.807) is 41.3 Å². The van der Waals surface area contributed by atoms with Crippen LogP contribution in [0.4, 0.5) is 11.4 Å². The van der Waals surface area contributed by atoms with E-state index in [9.17, 15) is 9.59 Å². The minimum absolute atomic E-state index is 0.0631. The zero-order valence-corrected chi connectivity index (χ0v) is 17.8. The molecule has 0 aliphatic carbocycles. The van der Waals surface area contributed by atoms with E-state index in [0.717, 1.165) is 5.56 Å². The summed E-state index contributed by atoms with van der Waals surface area (Å²) in [6.45, 7) is 0.228. The van der Waals surface area contributed by atoms with Gasteiger partial charge in [-0.05, 0) is 48.0 Å². The number of amides is 2. The van der Waals surface area contributed by atoms with Crippen LogP contribution in [-0.4, -0.2) is 18.4 Å². The summed E-state index contributed by atoms with van der Waals surface area (Å²) < 4.78 is 5.54. The van der Waals surface area contributed by atoms with Gasteiger partial charge in [-0.15, -0.1) is 0 Å². The molecule has 0 atom stereocenters. The average molecular weight is 462 g/mol. The van der Waals surface area contributed by atoms with Crippen molar-refractivity contribution in [2.45, 2.75) is 6.54 Å². The fourth-order valence-corrected chi connectivity index (χ4v) is 3.58. The number of carbonyl (C=O) groups excluding carboxylic acids is 2. The van der Waals surface area contributed by atoms with Gasteiger partial charge >= 0.3 is 0 Å². The zero-order chi connectivity index (χ0) is 21.3. The van der Waals surface area contributed by atoms with Crippen molar-refractivity contribution in [1.29, 1.82) is 0 Å². The summed E-state index contributed by atoms with van der Waals surface area (Å²) >= 11 is 18.2. The van der Waals surface area contributed by atoms with Crippen molar-refractivity contribution < 1.29 is 14.3 Å². The van der Waals surface area contributed by atoms with E-state index in [4.69, 9.17) is 39.5 Å². The molecule has 3 aromatic carbocycles. The normalized spacial score (nSPS) is 12.9. The lowest BCUT2D eigenvalue weighted by atomic mass is 10.1. The molecule has 0 spiro atoms. The SMILES string of the molecule is O=C(Nc1ccc2c(c1)N(Cc1ccccc1Cl)C(=O)CO2)c1ccc(Cl)c(Cl)c1. The molecule has 0 aromatic heterocycles. The van der Waals surface area contributed by atoms with E-state index >= 15 is 0 Å². The Balaban J connectivity index is 1.61. The van der Waals surface area contributed by atoms with Crippen LogP contribution in [0.2, 0.25) is 15.1 Å². The summed E-state index contributed by atoms with van der Waals surface area (Å²) in [6, 6.07) is 17.1. The third kappa shape index (κ3) is 4.24. The Morgan fingerprint density at radius 1 is 0.967 bits per heavy atom. The number of hydrogen-bond acceptors (Lipinski definition) is 3. The Bertz CT molecular complexity index is 1150. The maximum atomic E-state index is 12.6. The molecule has 152 valence electrons. The Kier molecular flexibility index (Phi) is 5.86. The van der Waals surface area contributed by atoms with Crippen molar-refractivity contribution in [2.24, 2.45) is 0 Å². The summed E-state index contributed by atoms with van der Waals surface area (Å²) in [5.41, 5.74) is 2.23. The molecule has 0 fully saturated rings. The van der Waals surface area contributed by atoms with Gasteiger partial charge in [0, 0.05) is 16.3 Å². The fraction of sp³-hybridized carbons (Fsp3) is 0.0909. The lowest BCUT2D eigenvalue weighted by molar-refractivity contribution is -0.121. The molecule has 0 saturated heterocycles. The Hall–Kier alpha value is -2.73. The van der Waals surface area contributed by atoms with Gasteiger partial charge in [-0.2, -0.15) is 0 Å². The summed E-state index contributed by atoms with van der Waals surface area (Å²) in [6.07, 6.45) is 0. The molecule has 4 rings (SSSR count). The number of benzene rings is 3. The van der Waals surface area contributed by atoms with E-state index in [1.807, 2.05) is 18.2 Å². The third-order valence-electron chi connectivity index (χ3n) is 4.63. The first-order valence-corrected chi connectivity index (χ1v) is 10.1. The van der Waals surface area contributed by atoms with Crippen LogP contribution in [0.15, 0.2) is 60.7 Å². The highest BCUT2D eigenvalue weighted by Crippen LogP contribution is 2.36. The van der Waals surface area contributed by atoms with Crippen molar-refractivity contribution >= 4 is 58.0 Å². The second kappa shape index (κ2) is 8.56. The molecule has 1 aliphatic rings. The molecule has 0 radical (unpaired) electrons. The molecule has 1 N–H and O–H groups in total. The van der Waals surface area contributed by atoms with E-state index in [1.165, 1.54) is 6.07 Å². The predicted molar refractivity (Wildman–Crippen MR) is 119 cm³/mol. The molecule has 5 nitrogen and oxygen atoms in total. The van der Waals surface area contributed by atoms with Crippen molar-refractivity contribution in [2.75, 3.05) is 16.8 Å². The van der Waals surface area contributed by atoms with Gasteiger partial charge in [0.05, 0.1) is 22.3 Å². The van der Waals surface area contributed by atoms with Crippen LogP contribution in [-0.2, 0) is 11.3 Å². The molecule has 0 bridgehead atoms. The van der Waals surface area contributed by atoms with Crippen molar-refractivity contribution in [1.82, 2.24) is 0 Å². The molecule has 1 aliphatic heterocycles. The van der Waals surface area contributed by atoms with Gasteiger partial charge in [-0.25, -0.2) is 0 Å². The largest absolute Gasteiger partial charge is 0.482 e. The molecule has 2 amide bonds. The first-order chi connectivity index (χ1) is 14.4. The van der Waals surface area contributed by atoms with E-state index in [-0.39, 0.29) is 18.4 Å². The van der Waals surface area contributed by atoms with Gasteiger partial charge < -0.3 is 15.0 Å². The maximum absolute atomic E-state index is 12.6. The number of nitrogens with zero attached hydrogens (tertiary/aromatic N) is 1. The standard InChI is InChI=1S/C22H15Cl3N2O3/c23-16-4-2-1-3-14(16)11-27-19-10-15(6-8-20(19)30-12-21(27)28)26-22(29)13-5-7-17(24)18(25)9-13/h1-10H,11-12H2,(H,26,29). The topological polar surface area (TPSA) is 58.6 Å². The zero-order valence-electron chi connectivity index (χ0n) is 15.5. The van der Waals surface area contributed by atoms with Gasteiger partial charge in [0.1, 0.15) is 5.75 Å². The molecule has 0 saturated carbocycles. The monoisotopic (exact) mass is 460 g/mol. The quantitative estimate of drug-likeness (QED) is 0.532. The number of anilines is 2. The van der Waals surface area contributed by atoms with Gasteiger partial charge in [-0.1, -0.05) is 53.0 Å². The number of carbonyl (C=O) groups is 2. The van der Waals surface area contributed by atoms with Crippen LogP contribution in [0.25, 0.3) is 0 Å². The van der Waals surface area contributed by atoms with E-state index in [0.29, 0.717) is 44.3 Å². The lowest BCUT2D eigenvalue weighted by Gasteiger charge is -2.30. The minimum Gasteiger partial charge on any atom is -0.482 e. The van der Waals surface area contributed by atoms with Crippen LogP contribution in [0.3, 0.4) is 0 Å². The molecule has 0 unspecified atom stereocenters. The Morgan fingerprint density at radius 2 is 1.77 bits per heavy atom. The number of halogens is 3. The molecular formula is C22H15Cl3N2O3. The minimum atomic E-state index is -0.353. The van der Waals surface area contributed by atoms with Crippen LogP contribution >= 0.6 is 34.8 Å². The van der Waals surface area contributed by atoms with Gasteiger partial charge in [0.2, 0.25) is 0 Å². The highest BCUT2D eigenvalue weighted by atomic mass is 35.5. The second-order valence-corrected chi connectivity index (χ2v) is 7.85. The number of ether oxygens (including phenoxy) is 1. The first kappa shape index (κ1) is 20.5. The van der Waals surface area contributed by atoms with Crippen molar-refractivity contribution in [3.8, 4) is 5.75 Å². The highest BCUT2D eigenvalue weighted by molar-refractivity contribution is 6.42. The molecule has 8 heteroatoms. The van der Waals surface area contributed by atoms with Gasteiger partial charge in [-0.3, -0.25) is 9.59 Å². The third-order valence-corrected chi connectivity index (χ3v) is 5.74. The van der Waals surface area contributed by atoms with Gasteiger partial charge in [0.25, 0.3) is 11.8 Å². The lowest BCUT2D eigenvalue weighted by Crippen LogP contribution is -2.38. The van der Waals surface area contributed by atoms with Gasteiger partial charge in [0.15, 0.2) is 6.61 Å². The number of fused-ring (bicyclic) bond motifs is 1. The Morgan fingerprint density at radius 3 is 2.53 bits per heavy atom. The summed E-state index contributed by atoms with van der Waals surface area (Å²) in [5, 5.41) is 4.04. The second-order valence-electron chi connectivity index (χ2n) is 6.63. The van der Waals surface area contributed by atoms with Crippen LogP contribution in [0.5, 0.6) is 5.75 Å². The summed E-state index contributed by atoms with van der Waals surface area (Å²) in [5.74, 6) is -0.00112. The van der Waals surface area contributed by atoms with E-state index < -0.39 is 0 Å². The Labute approximate surface area is 188 Å². The molecule has 30 heavy (non-hydrogen) atoms. The number of hydrogen-bond donors (Lipinski definition) is 1. The first-order valence-electron chi connectivity index (χ1n) is 8.99. The van der Waals surface area contributed by atoms with Crippen LogP contribution < -0.4 is 15.0 Å². The van der Waals surface area contributed by atoms with Crippen LogP contribution in [0.1, 0.15) is 15.9 Å². The predicted octanol–water partition coefficient (Wildman–Crippen LogP) is 5.82. The smallest absolute Gasteiger partial charge is 0.265 e. The fourth-order valence-electron chi connectivity index (χ4n) is 3.09. The maximum Gasteiger partial charge on any atom is 0.265 e. The molecule has 3 aromatic rings. The number of nitrogens with one attached hydrogen (secondary N) is 1. The average Bonchev–Trinajstić information content (AvgIpc) is 2.73. The van der Waals surface area contributed by atoms with E-state index in [2.05, 4.69) is 5.32 Å². The van der Waals surface area contributed by atoms with Crippen molar-refractivity contribution in [3.63, 3.8) is 0 Å². The summed E-state index contributed by atoms with van der Waals surface area (Å²) in [4.78, 5) is 26.7. The van der Waals surface area contributed by atoms with Crippen molar-refractivity contribution in [3.05, 3.63) is 86.9 Å². The number of rotatable bonds is 4. The van der Waals surface area contributed by atoms with Crippen LogP contribution in [0, 0.1) is 0 Å². The highest BCUT2D eigenvalue weighted by Gasteiger charge is 2.26. The molecule has 1 heterocycles. The summed E-state index contributed by atoms with van der Waals surface area (Å²) in [7, 11) is 0. The molecular weight excluding hydrogens is 447 g/mol.